The molecular formula is C20H21N3O4. The summed E-state index contributed by atoms with van der Waals surface area (Å²) >= 11 is 0. The fraction of sp³-hybridized carbons (Fsp3) is 0.300. The van der Waals surface area contributed by atoms with Gasteiger partial charge in [-0.3, -0.25) is 14.6 Å². The zero-order chi connectivity index (χ0) is 19.2. The third kappa shape index (κ3) is 4.49. The lowest BCUT2D eigenvalue weighted by atomic mass is 10.1. The van der Waals surface area contributed by atoms with E-state index in [1.807, 2.05) is 12.1 Å². The average Bonchev–Trinajstić information content (AvgIpc) is 3.04. The molecule has 0 radical (unpaired) electrons. The maximum absolute atomic E-state index is 12.6. The molecule has 1 saturated heterocycles. The molecule has 0 spiro atoms. The summed E-state index contributed by atoms with van der Waals surface area (Å²) in [7, 11) is 0. The first kappa shape index (κ1) is 18.6. The van der Waals surface area contributed by atoms with Crippen LogP contribution in [0.25, 0.3) is 0 Å². The quantitative estimate of drug-likeness (QED) is 0.791. The van der Waals surface area contributed by atoms with E-state index < -0.39 is 11.9 Å². The summed E-state index contributed by atoms with van der Waals surface area (Å²) in [6.07, 6.45) is 3.52. The molecule has 1 atom stereocenters. The van der Waals surface area contributed by atoms with Crippen molar-refractivity contribution in [2.45, 2.75) is 19.9 Å². The van der Waals surface area contributed by atoms with Gasteiger partial charge in [-0.25, -0.2) is 4.79 Å². The number of hydrogen-bond acceptors (Lipinski definition) is 5. The molecule has 3 rings (SSSR count). The second kappa shape index (κ2) is 8.44. The van der Waals surface area contributed by atoms with Crippen LogP contribution in [0.3, 0.4) is 0 Å². The largest absolute Gasteiger partial charge is 0.462 e. The summed E-state index contributed by atoms with van der Waals surface area (Å²) in [5, 5.41) is 2.77. The van der Waals surface area contributed by atoms with Gasteiger partial charge in [-0.15, -0.1) is 0 Å². The van der Waals surface area contributed by atoms with E-state index in [0.29, 0.717) is 24.3 Å². The van der Waals surface area contributed by atoms with Crippen LogP contribution < -0.4 is 5.32 Å². The molecule has 1 unspecified atom stereocenters. The van der Waals surface area contributed by atoms with Crippen molar-refractivity contribution in [3.63, 3.8) is 0 Å². The van der Waals surface area contributed by atoms with Gasteiger partial charge in [0.25, 0.3) is 0 Å². The number of aromatic nitrogens is 1. The van der Waals surface area contributed by atoms with Crippen molar-refractivity contribution in [2.24, 2.45) is 5.92 Å². The second-order valence-electron chi connectivity index (χ2n) is 6.29. The number of anilines is 1. The molecule has 0 bridgehead atoms. The average molecular weight is 367 g/mol. The molecule has 1 aliphatic rings. The molecule has 27 heavy (non-hydrogen) atoms. The number of likely N-dealkylation sites (tertiary alicyclic amines) is 1. The number of pyridine rings is 1. The summed E-state index contributed by atoms with van der Waals surface area (Å²) in [6.45, 7) is 2.73. The summed E-state index contributed by atoms with van der Waals surface area (Å²) in [4.78, 5) is 42.6. The Morgan fingerprint density at radius 2 is 2.07 bits per heavy atom. The van der Waals surface area contributed by atoms with Crippen LogP contribution in [-0.2, 0) is 20.9 Å². The lowest BCUT2D eigenvalue weighted by molar-refractivity contribution is -0.128. The summed E-state index contributed by atoms with van der Waals surface area (Å²) in [6, 6.07) is 10.4. The van der Waals surface area contributed by atoms with Crippen molar-refractivity contribution in [3.8, 4) is 0 Å². The number of amides is 2. The smallest absolute Gasteiger partial charge is 0.340 e. The maximum Gasteiger partial charge on any atom is 0.340 e. The minimum absolute atomic E-state index is 0.0716. The predicted octanol–water partition coefficient (Wildman–Crippen LogP) is 2.25. The van der Waals surface area contributed by atoms with E-state index in [1.165, 1.54) is 0 Å². The monoisotopic (exact) mass is 367 g/mol. The lowest BCUT2D eigenvalue weighted by Crippen LogP contribution is -2.28. The van der Waals surface area contributed by atoms with Crippen LogP contribution in [0.2, 0.25) is 0 Å². The Morgan fingerprint density at radius 3 is 2.81 bits per heavy atom. The van der Waals surface area contributed by atoms with Crippen LogP contribution in [-0.4, -0.2) is 40.8 Å². The topological polar surface area (TPSA) is 88.6 Å². The Balaban J connectivity index is 1.66. The number of hydrogen-bond donors (Lipinski definition) is 1. The van der Waals surface area contributed by atoms with Gasteiger partial charge >= 0.3 is 5.97 Å². The molecule has 1 fully saturated rings. The predicted molar refractivity (Wildman–Crippen MR) is 98.8 cm³/mol. The molecule has 1 aromatic heterocycles. The molecule has 1 N–H and O–H groups in total. The zero-order valence-electron chi connectivity index (χ0n) is 15.1. The van der Waals surface area contributed by atoms with Crippen LogP contribution in [0.1, 0.15) is 29.3 Å². The van der Waals surface area contributed by atoms with E-state index in [4.69, 9.17) is 4.74 Å². The Morgan fingerprint density at radius 1 is 1.26 bits per heavy atom. The molecule has 2 aromatic rings. The number of benzene rings is 1. The molecule has 2 amide bonds. The summed E-state index contributed by atoms with van der Waals surface area (Å²) in [5.74, 6) is -1.31. The van der Waals surface area contributed by atoms with E-state index in [2.05, 4.69) is 10.3 Å². The molecule has 140 valence electrons. The number of ether oxygens (including phenoxy) is 1. The van der Waals surface area contributed by atoms with Gasteiger partial charge in [0.2, 0.25) is 11.8 Å². The van der Waals surface area contributed by atoms with Crippen LogP contribution in [0.15, 0.2) is 48.8 Å². The van der Waals surface area contributed by atoms with E-state index in [-0.39, 0.29) is 24.8 Å². The highest BCUT2D eigenvalue weighted by molar-refractivity contribution is 6.03. The van der Waals surface area contributed by atoms with E-state index >= 15 is 0 Å². The van der Waals surface area contributed by atoms with Crippen molar-refractivity contribution < 1.29 is 19.1 Å². The van der Waals surface area contributed by atoms with Crippen LogP contribution in [0.4, 0.5) is 5.69 Å². The van der Waals surface area contributed by atoms with Gasteiger partial charge in [0.15, 0.2) is 0 Å². The van der Waals surface area contributed by atoms with Gasteiger partial charge in [-0.1, -0.05) is 18.2 Å². The standard InChI is InChI=1S/C20H21N3O4/c1-2-27-20(26)16-7-3-4-8-17(16)22-19(25)15-10-18(24)23(13-15)12-14-6-5-9-21-11-14/h3-9,11,15H,2,10,12-13H2,1H3,(H,22,25). The molecule has 7 heteroatoms. The van der Waals surface area contributed by atoms with Crippen molar-refractivity contribution in [2.75, 3.05) is 18.5 Å². The highest BCUT2D eigenvalue weighted by atomic mass is 16.5. The SMILES string of the molecule is CCOC(=O)c1ccccc1NC(=O)C1CC(=O)N(Cc2cccnc2)C1. The van der Waals surface area contributed by atoms with Crippen LogP contribution in [0.5, 0.6) is 0 Å². The van der Waals surface area contributed by atoms with Crippen molar-refractivity contribution in [3.05, 3.63) is 59.9 Å². The van der Waals surface area contributed by atoms with Gasteiger partial charge in [0.1, 0.15) is 0 Å². The Kier molecular flexibility index (Phi) is 5.80. The number of carbonyl (C=O) groups is 3. The third-order valence-corrected chi connectivity index (χ3v) is 4.36. The molecule has 0 saturated carbocycles. The highest BCUT2D eigenvalue weighted by Gasteiger charge is 2.34. The highest BCUT2D eigenvalue weighted by Crippen LogP contribution is 2.23. The van der Waals surface area contributed by atoms with Crippen molar-refractivity contribution >= 4 is 23.5 Å². The number of nitrogens with one attached hydrogen (secondary N) is 1. The number of carbonyl (C=O) groups excluding carboxylic acids is 3. The normalized spacial score (nSPS) is 16.3. The fourth-order valence-electron chi connectivity index (χ4n) is 3.03. The first-order valence-electron chi connectivity index (χ1n) is 8.82. The number of rotatable bonds is 6. The van der Waals surface area contributed by atoms with E-state index in [0.717, 1.165) is 5.56 Å². The Bertz CT molecular complexity index is 838. The van der Waals surface area contributed by atoms with Crippen molar-refractivity contribution in [1.82, 2.24) is 9.88 Å². The molecular weight excluding hydrogens is 346 g/mol. The number of esters is 1. The molecule has 0 aliphatic carbocycles. The van der Waals surface area contributed by atoms with Gasteiger partial charge in [0.05, 0.1) is 23.8 Å². The van der Waals surface area contributed by atoms with Gasteiger partial charge < -0.3 is 15.0 Å². The fourth-order valence-corrected chi connectivity index (χ4v) is 3.03. The Hall–Kier alpha value is -3.22. The molecule has 1 aromatic carbocycles. The second-order valence-corrected chi connectivity index (χ2v) is 6.29. The zero-order valence-corrected chi connectivity index (χ0v) is 15.1. The molecule has 2 heterocycles. The number of para-hydroxylation sites is 1. The van der Waals surface area contributed by atoms with Crippen LogP contribution in [0, 0.1) is 5.92 Å². The molecule has 1 aliphatic heterocycles. The van der Waals surface area contributed by atoms with Gasteiger partial charge in [0, 0.05) is 31.9 Å². The van der Waals surface area contributed by atoms with E-state index in [9.17, 15) is 14.4 Å². The number of nitrogens with zero attached hydrogens (tertiary/aromatic N) is 2. The minimum atomic E-state index is -0.492. The summed E-state index contributed by atoms with van der Waals surface area (Å²) in [5.41, 5.74) is 1.60. The van der Waals surface area contributed by atoms with Gasteiger partial charge in [-0.2, -0.15) is 0 Å². The Labute approximate surface area is 157 Å². The molecule has 7 nitrogen and oxygen atoms in total. The maximum atomic E-state index is 12.6. The first-order valence-corrected chi connectivity index (χ1v) is 8.82. The van der Waals surface area contributed by atoms with E-state index in [1.54, 1.807) is 48.5 Å². The minimum Gasteiger partial charge on any atom is -0.462 e. The third-order valence-electron chi connectivity index (χ3n) is 4.36. The first-order chi connectivity index (χ1) is 13.1. The van der Waals surface area contributed by atoms with Crippen molar-refractivity contribution in [1.29, 1.82) is 0 Å². The van der Waals surface area contributed by atoms with Gasteiger partial charge in [-0.05, 0) is 30.7 Å². The lowest BCUT2D eigenvalue weighted by Gasteiger charge is -2.17. The van der Waals surface area contributed by atoms with Crippen LogP contribution >= 0.6 is 0 Å². The summed E-state index contributed by atoms with van der Waals surface area (Å²) < 4.78 is 5.02.